The maximum absolute atomic E-state index is 11.2. The summed E-state index contributed by atoms with van der Waals surface area (Å²) in [5.74, 6) is 4.36. The van der Waals surface area contributed by atoms with Crippen molar-refractivity contribution in [1.29, 1.82) is 0 Å². The predicted molar refractivity (Wildman–Crippen MR) is 81.5 cm³/mol. The van der Waals surface area contributed by atoms with Crippen LogP contribution in [0.5, 0.6) is 0 Å². The van der Waals surface area contributed by atoms with Crippen molar-refractivity contribution in [2.24, 2.45) is 0 Å². The lowest BCUT2D eigenvalue weighted by atomic mass is 10.1. The normalized spacial score (nSPS) is 12.4. The topological polar surface area (TPSA) is 60.7 Å². The Bertz CT molecular complexity index is 638. The molecule has 0 aliphatic rings. The quantitative estimate of drug-likeness (QED) is 0.557. The molecule has 1 unspecified atom stereocenters. The van der Waals surface area contributed by atoms with E-state index in [-0.39, 0.29) is 11.7 Å². The zero-order chi connectivity index (χ0) is 13.7. The molecule has 0 saturated carbocycles. The predicted octanol–water partition coefficient (Wildman–Crippen LogP) is 1.87. The molecular weight excluding hydrogens is 258 g/mol. The third-order valence-electron chi connectivity index (χ3n) is 2.92. The molecule has 0 bridgehead atoms. The average Bonchev–Trinajstić information content (AvgIpc) is 2.77. The van der Waals surface area contributed by atoms with Crippen molar-refractivity contribution in [3.63, 3.8) is 0 Å². The highest BCUT2D eigenvalue weighted by atomic mass is 32.2. The minimum absolute atomic E-state index is 0.168. The molecule has 19 heavy (non-hydrogen) atoms. The second kappa shape index (κ2) is 6.50. The van der Waals surface area contributed by atoms with Crippen LogP contribution in [-0.2, 0) is 0 Å². The van der Waals surface area contributed by atoms with Gasteiger partial charge in [-0.2, -0.15) is 0 Å². The van der Waals surface area contributed by atoms with Gasteiger partial charge >= 0.3 is 5.69 Å². The van der Waals surface area contributed by atoms with Crippen LogP contribution < -0.4 is 11.0 Å². The van der Waals surface area contributed by atoms with E-state index in [2.05, 4.69) is 28.1 Å². The summed E-state index contributed by atoms with van der Waals surface area (Å²) in [6.45, 7) is 3.02. The summed E-state index contributed by atoms with van der Waals surface area (Å²) < 4.78 is 0. The molecule has 2 rings (SSSR count). The fourth-order valence-corrected chi connectivity index (χ4v) is 2.44. The Hall–Kier alpha value is -1.64. The molecule has 1 aromatic heterocycles. The first-order chi connectivity index (χ1) is 9.20. The Balaban J connectivity index is 1.95. The number of nitrogens with one attached hydrogen (secondary N) is 3. The highest BCUT2D eigenvalue weighted by molar-refractivity contribution is 7.99. The lowest BCUT2D eigenvalue weighted by Crippen LogP contribution is -2.21. The molecule has 1 aromatic carbocycles. The fourth-order valence-electron chi connectivity index (χ4n) is 1.92. The lowest BCUT2D eigenvalue weighted by Gasteiger charge is -2.13. The summed E-state index contributed by atoms with van der Waals surface area (Å²) in [7, 11) is 0. The Morgan fingerprint density at radius 1 is 1.42 bits per heavy atom. The maximum Gasteiger partial charge on any atom is 0.323 e. The van der Waals surface area contributed by atoms with E-state index >= 15 is 0 Å². The minimum atomic E-state index is -0.168. The molecule has 3 N–H and O–H groups in total. The van der Waals surface area contributed by atoms with E-state index in [1.54, 1.807) is 11.8 Å². The number of imidazole rings is 1. The second-order valence-corrected chi connectivity index (χ2v) is 5.42. The van der Waals surface area contributed by atoms with Gasteiger partial charge in [-0.25, -0.2) is 4.79 Å². The number of aromatic amines is 2. The number of aromatic nitrogens is 2. The Labute approximate surface area is 116 Å². The van der Waals surface area contributed by atoms with Crippen LogP contribution in [0.2, 0.25) is 0 Å². The smallest absolute Gasteiger partial charge is 0.309 e. The zero-order valence-corrected chi connectivity index (χ0v) is 11.6. The number of fused-ring (bicyclic) bond motifs is 1. The largest absolute Gasteiger partial charge is 0.323 e. The molecule has 100 valence electrons. The number of H-pyrrole nitrogens is 2. The van der Waals surface area contributed by atoms with Gasteiger partial charge in [0, 0.05) is 18.3 Å². The molecule has 2 aromatic rings. The van der Waals surface area contributed by atoms with E-state index in [4.69, 9.17) is 6.42 Å². The first kappa shape index (κ1) is 13.8. The second-order valence-electron chi connectivity index (χ2n) is 4.32. The molecule has 0 aliphatic carbocycles. The molecule has 0 fully saturated rings. The van der Waals surface area contributed by atoms with Gasteiger partial charge in [0.25, 0.3) is 0 Å². The molecule has 0 amide bonds. The number of hydrogen-bond acceptors (Lipinski definition) is 3. The summed E-state index contributed by atoms with van der Waals surface area (Å²) in [4.78, 5) is 16.7. The van der Waals surface area contributed by atoms with E-state index in [9.17, 15) is 4.79 Å². The van der Waals surface area contributed by atoms with Crippen molar-refractivity contribution in [3.05, 3.63) is 34.2 Å². The van der Waals surface area contributed by atoms with Crippen LogP contribution in [0.4, 0.5) is 0 Å². The van der Waals surface area contributed by atoms with Crippen molar-refractivity contribution >= 4 is 22.8 Å². The Kier molecular flexibility index (Phi) is 4.72. The molecule has 0 saturated heterocycles. The van der Waals surface area contributed by atoms with E-state index in [1.807, 2.05) is 18.2 Å². The van der Waals surface area contributed by atoms with Gasteiger partial charge in [0.1, 0.15) is 0 Å². The van der Waals surface area contributed by atoms with E-state index in [1.165, 1.54) is 0 Å². The Morgan fingerprint density at radius 3 is 3.00 bits per heavy atom. The standard InChI is InChI=1S/C14H17N3OS/c1-3-7-19-8-6-15-10(2)11-4-5-12-13(9-11)17-14(18)16-12/h1,4-5,9-10,15H,6-8H2,2H3,(H2,16,17,18). The molecule has 5 heteroatoms. The maximum atomic E-state index is 11.2. The van der Waals surface area contributed by atoms with E-state index in [0.717, 1.165) is 34.6 Å². The van der Waals surface area contributed by atoms with Gasteiger partial charge in [0.2, 0.25) is 0 Å². The van der Waals surface area contributed by atoms with Gasteiger partial charge in [-0.05, 0) is 24.6 Å². The molecule has 1 atom stereocenters. The summed E-state index contributed by atoms with van der Waals surface area (Å²) in [6, 6.07) is 6.19. The summed E-state index contributed by atoms with van der Waals surface area (Å²) in [5, 5.41) is 3.44. The van der Waals surface area contributed by atoms with Crippen LogP contribution in [0.15, 0.2) is 23.0 Å². The number of rotatable bonds is 6. The molecular formula is C14H17N3OS. The lowest BCUT2D eigenvalue weighted by molar-refractivity contribution is 0.602. The van der Waals surface area contributed by atoms with Crippen molar-refractivity contribution in [2.45, 2.75) is 13.0 Å². The van der Waals surface area contributed by atoms with Gasteiger partial charge in [-0.15, -0.1) is 18.2 Å². The third kappa shape index (κ3) is 3.66. The molecule has 0 spiro atoms. The average molecular weight is 275 g/mol. The van der Waals surface area contributed by atoms with Crippen LogP contribution in [0, 0.1) is 12.3 Å². The first-order valence-corrected chi connectivity index (χ1v) is 7.32. The fraction of sp³-hybridized carbons (Fsp3) is 0.357. The third-order valence-corrected chi connectivity index (χ3v) is 3.79. The van der Waals surface area contributed by atoms with Crippen LogP contribution >= 0.6 is 11.8 Å². The van der Waals surface area contributed by atoms with Crippen molar-refractivity contribution in [3.8, 4) is 12.3 Å². The number of terminal acetylenes is 1. The molecule has 4 nitrogen and oxygen atoms in total. The SMILES string of the molecule is C#CCSCCNC(C)c1ccc2[nH]c(=O)[nH]c2c1. The van der Waals surface area contributed by atoms with Crippen molar-refractivity contribution in [1.82, 2.24) is 15.3 Å². The first-order valence-electron chi connectivity index (χ1n) is 6.17. The van der Waals surface area contributed by atoms with Gasteiger partial charge in [-0.1, -0.05) is 12.0 Å². The van der Waals surface area contributed by atoms with Crippen LogP contribution in [0.1, 0.15) is 18.5 Å². The van der Waals surface area contributed by atoms with E-state index < -0.39 is 0 Å². The number of hydrogen-bond donors (Lipinski definition) is 3. The van der Waals surface area contributed by atoms with E-state index in [0.29, 0.717) is 0 Å². The zero-order valence-electron chi connectivity index (χ0n) is 10.8. The number of thioether (sulfide) groups is 1. The van der Waals surface area contributed by atoms with Crippen LogP contribution in [-0.4, -0.2) is 28.0 Å². The van der Waals surface area contributed by atoms with Crippen LogP contribution in [0.3, 0.4) is 0 Å². The highest BCUT2D eigenvalue weighted by Crippen LogP contribution is 2.16. The molecule has 0 radical (unpaired) electrons. The monoisotopic (exact) mass is 275 g/mol. The van der Waals surface area contributed by atoms with Crippen LogP contribution in [0.25, 0.3) is 11.0 Å². The molecule has 0 aliphatic heterocycles. The minimum Gasteiger partial charge on any atom is -0.309 e. The van der Waals surface area contributed by atoms with Gasteiger partial charge < -0.3 is 15.3 Å². The highest BCUT2D eigenvalue weighted by Gasteiger charge is 2.06. The van der Waals surface area contributed by atoms with Gasteiger partial charge in [-0.3, -0.25) is 0 Å². The van der Waals surface area contributed by atoms with Crippen molar-refractivity contribution < 1.29 is 0 Å². The summed E-state index contributed by atoms with van der Waals surface area (Å²) >= 11 is 1.75. The molecule has 1 heterocycles. The summed E-state index contributed by atoms with van der Waals surface area (Å²) in [5.41, 5.74) is 2.67. The van der Waals surface area contributed by atoms with Gasteiger partial charge in [0.15, 0.2) is 0 Å². The number of benzene rings is 1. The van der Waals surface area contributed by atoms with Gasteiger partial charge in [0.05, 0.1) is 16.8 Å². The Morgan fingerprint density at radius 2 is 2.21 bits per heavy atom. The summed E-state index contributed by atoms with van der Waals surface area (Å²) in [6.07, 6.45) is 5.19. The van der Waals surface area contributed by atoms with Crippen molar-refractivity contribution in [2.75, 3.05) is 18.1 Å².